The number of nitro benzene ring substituents is 1. The van der Waals surface area contributed by atoms with Gasteiger partial charge in [0, 0.05) is 7.11 Å². The lowest BCUT2D eigenvalue weighted by molar-refractivity contribution is -0.382. The highest BCUT2D eigenvalue weighted by atomic mass is 32.1. The number of benzene rings is 1. The van der Waals surface area contributed by atoms with Crippen molar-refractivity contribution in [2.45, 2.75) is 19.9 Å². The van der Waals surface area contributed by atoms with Gasteiger partial charge in [0.25, 0.3) is 0 Å². The Morgan fingerprint density at radius 1 is 1.50 bits per heavy atom. The SMILES string of the molecule is COCC(Nc1ccc2scnc2c1[N+](=O)[O-])C(C)C. The Bertz CT molecular complexity index is 612. The zero-order valence-electron chi connectivity index (χ0n) is 11.6. The van der Waals surface area contributed by atoms with Crippen LogP contribution in [-0.4, -0.2) is 29.7 Å². The van der Waals surface area contributed by atoms with E-state index < -0.39 is 0 Å². The van der Waals surface area contributed by atoms with Crippen molar-refractivity contribution >= 4 is 32.9 Å². The molecule has 6 nitrogen and oxygen atoms in total. The number of ether oxygens (including phenoxy) is 1. The zero-order valence-corrected chi connectivity index (χ0v) is 12.4. The summed E-state index contributed by atoms with van der Waals surface area (Å²) in [6, 6.07) is 3.60. The number of anilines is 1. The predicted octanol–water partition coefficient (Wildman–Crippen LogP) is 3.29. The van der Waals surface area contributed by atoms with Gasteiger partial charge in [-0.25, -0.2) is 4.98 Å². The van der Waals surface area contributed by atoms with Gasteiger partial charge >= 0.3 is 5.69 Å². The lowest BCUT2D eigenvalue weighted by Gasteiger charge is -2.22. The quantitative estimate of drug-likeness (QED) is 0.653. The molecule has 1 aromatic heterocycles. The molecule has 7 heteroatoms. The maximum atomic E-state index is 11.3. The summed E-state index contributed by atoms with van der Waals surface area (Å²) in [6.45, 7) is 4.58. The first-order chi connectivity index (χ1) is 9.54. The fourth-order valence-corrected chi connectivity index (χ4v) is 2.68. The van der Waals surface area contributed by atoms with Crippen LogP contribution in [0.4, 0.5) is 11.4 Å². The molecule has 1 heterocycles. The van der Waals surface area contributed by atoms with Crippen molar-refractivity contribution in [1.29, 1.82) is 0 Å². The third-order valence-corrected chi connectivity index (χ3v) is 3.94. The van der Waals surface area contributed by atoms with Gasteiger partial charge < -0.3 is 10.1 Å². The van der Waals surface area contributed by atoms with E-state index in [1.54, 1.807) is 18.7 Å². The molecule has 1 atom stereocenters. The third-order valence-electron chi connectivity index (χ3n) is 3.15. The number of nitrogens with one attached hydrogen (secondary N) is 1. The van der Waals surface area contributed by atoms with E-state index >= 15 is 0 Å². The molecule has 0 amide bonds. The fourth-order valence-electron chi connectivity index (χ4n) is 2.00. The van der Waals surface area contributed by atoms with Crippen molar-refractivity contribution in [3.8, 4) is 0 Å². The number of nitro groups is 1. The number of methoxy groups -OCH3 is 1. The van der Waals surface area contributed by atoms with Gasteiger partial charge in [-0.3, -0.25) is 10.1 Å². The van der Waals surface area contributed by atoms with Crippen LogP contribution in [0.3, 0.4) is 0 Å². The summed E-state index contributed by atoms with van der Waals surface area (Å²) in [6.07, 6.45) is 0. The van der Waals surface area contributed by atoms with Crippen molar-refractivity contribution in [2.75, 3.05) is 19.0 Å². The van der Waals surface area contributed by atoms with Crippen molar-refractivity contribution in [3.63, 3.8) is 0 Å². The highest BCUT2D eigenvalue weighted by Gasteiger charge is 2.23. The minimum atomic E-state index is -0.380. The molecule has 0 aliphatic heterocycles. The Kier molecular flexibility index (Phi) is 4.51. The van der Waals surface area contributed by atoms with E-state index in [9.17, 15) is 10.1 Å². The van der Waals surface area contributed by atoms with Crippen LogP contribution in [0, 0.1) is 16.0 Å². The van der Waals surface area contributed by atoms with Gasteiger partial charge in [0.05, 0.1) is 27.8 Å². The molecule has 0 aliphatic carbocycles. The molecular formula is C13H17N3O3S. The first kappa shape index (κ1) is 14.7. The van der Waals surface area contributed by atoms with Gasteiger partial charge in [-0.15, -0.1) is 11.3 Å². The normalized spacial score (nSPS) is 12.8. The smallest absolute Gasteiger partial charge is 0.319 e. The Morgan fingerprint density at radius 3 is 2.85 bits per heavy atom. The Labute approximate surface area is 120 Å². The Hall–Kier alpha value is -1.73. The van der Waals surface area contributed by atoms with E-state index in [-0.39, 0.29) is 16.7 Å². The van der Waals surface area contributed by atoms with Crippen LogP contribution in [0.5, 0.6) is 0 Å². The molecule has 0 radical (unpaired) electrons. The second-order valence-corrected chi connectivity index (χ2v) is 5.75. The van der Waals surface area contributed by atoms with Crippen molar-refractivity contribution in [2.24, 2.45) is 5.92 Å². The zero-order chi connectivity index (χ0) is 14.7. The largest absolute Gasteiger partial charge is 0.383 e. The van der Waals surface area contributed by atoms with E-state index in [2.05, 4.69) is 10.3 Å². The number of hydrogen-bond acceptors (Lipinski definition) is 6. The maximum Gasteiger partial charge on any atom is 0.319 e. The Balaban J connectivity index is 2.42. The number of aromatic nitrogens is 1. The summed E-state index contributed by atoms with van der Waals surface area (Å²) in [5, 5.41) is 14.6. The van der Waals surface area contributed by atoms with Gasteiger partial charge in [0.15, 0.2) is 5.52 Å². The number of nitrogens with zero attached hydrogens (tertiary/aromatic N) is 2. The number of thiazole rings is 1. The highest BCUT2D eigenvalue weighted by molar-refractivity contribution is 7.16. The molecule has 0 fully saturated rings. The molecule has 2 rings (SSSR count). The summed E-state index contributed by atoms with van der Waals surface area (Å²) in [7, 11) is 1.62. The first-order valence-electron chi connectivity index (χ1n) is 6.30. The Morgan fingerprint density at radius 2 is 2.25 bits per heavy atom. The molecule has 1 aromatic carbocycles. The second kappa shape index (κ2) is 6.15. The minimum Gasteiger partial charge on any atom is -0.383 e. The molecule has 1 unspecified atom stereocenters. The van der Waals surface area contributed by atoms with Crippen LogP contribution < -0.4 is 5.32 Å². The first-order valence-corrected chi connectivity index (χ1v) is 7.18. The van der Waals surface area contributed by atoms with Crippen LogP contribution >= 0.6 is 11.3 Å². The average Bonchev–Trinajstić information content (AvgIpc) is 2.85. The summed E-state index contributed by atoms with van der Waals surface area (Å²) >= 11 is 1.40. The molecule has 0 saturated carbocycles. The predicted molar refractivity (Wildman–Crippen MR) is 80.4 cm³/mol. The molecule has 0 bridgehead atoms. The van der Waals surface area contributed by atoms with E-state index in [1.165, 1.54) is 11.3 Å². The van der Waals surface area contributed by atoms with Gasteiger partial charge in [-0.1, -0.05) is 13.8 Å². The van der Waals surface area contributed by atoms with Crippen molar-refractivity contribution in [1.82, 2.24) is 4.98 Å². The number of rotatable bonds is 6. The van der Waals surface area contributed by atoms with Crippen molar-refractivity contribution in [3.05, 3.63) is 27.8 Å². The molecular weight excluding hydrogens is 278 g/mol. The van der Waals surface area contributed by atoms with Gasteiger partial charge in [0.1, 0.15) is 5.69 Å². The fraction of sp³-hybridized carbons (Fsp3) is 0.462. The molecule has 0 spiro atoms. The summed E-state index contributed by atoms with van der Waals surface area (Å²) < 4.78 is 5.98. The highest BCUT2D eigenvalue weighted by Crippen LogP contribution is 2.35. The molecule has 0 saturated heterocycles. The van der Waals surface area contributed by atoms with Crippen LogP contribution in [0.2, 0.25) is 0 Å². The summed E-state index contributed by atoms with van der Waals surface area (Å²) in [5.74, 6) is 0.292. The van der Waals surface area contributed by atoms with Crippen LogP contribution in [-0.2, 0) is 4.74 Å². The molecule has 1 N–H and O–H groups in total. The standard InChI is InChI=1S/C13H17N3O3S/c1-8(2)10(6-19-3)15-9-4-5-11-12(14-7-20-11)13(9)16(17)18/h4-5,7-8,10,15H,6H2,1-3H3. The van der Waals surface area contributed by atoms with Crippen LogP contribution in [0.1, 0.15) is 13.8 Å². The van der Waals surface area contributed by atoms with E-state index in [0.717, 1.165) is 4.70 Å². The number of hydrogen-bond donors (Lipinski definition) is 1. The van der Waals surface area contributed by atoms with E-state index in [4.69, 9.17) is 4.74 Å². The average molecular weight is 295 g/mol. The molecule has 20 heavy (non-hydrogen) atoms. The topological polar surface area (TPSA) is 77.3 Å². The summed E-state index contributed by atoms with van der Waals surface area (Å²) in [5.41, 5.74) is 2.58. The van der Waals surface area contributed by atoms with Gasteiger partial charge in [-0.2, -0.15) is 0 Å². The van der Waals surface area contributed by atoms with Crippen LogP contribution in [0.25, 0.3) is 10.2 Å². The van der Waals surface area contributed by atoms with Crippen LogP contribution in [0.15, 0.2) is 17.6 Å². The molecule has 108 valence electrons. The number of fused-ring (bicyclic) bond motifs is 1. The molecule has 0 aliphatic rings. The lowest BCUT2D eigenvalue weighted by atomic mass is 10.0. The van der Waals surface area contributed by atoms with E-state index in [0.29, 0.717) is 23.7 Å². The summed E-state index contributed by atoms with van der Waals surface area (Å²) in [4.78, 5) is 15.1. The second-order valence-electron chi connectivity index (χ2n) is 4.87. The molecule has 2 aromatic rings. The monoisotopic (exact) mass is 295 g/mol. The minimum absolute atomic E-state index is 0.00906. The third kappa shape index (κ3) is 2.88. The van der Waals surface area contributed by atoms with Gasteiger partial charge in [-0.05, 0) is 18.1 Å². The van der Waals surface area contributed by atoms with Gasteiger partial charge in [0.2, 0.25) is 0 Å². The lowest BCUT2D eigenvalue weighted by Crippen LogP contribution is -2.30. The van der Waals surface area contributed by atoms with E-state index in [1.807, 2.05) is 19.9 Å². The maximum absolute atomic E-state index is 11.3. The van der Waals surface area contributed by atoms with Crippen molar-refractivity contribution < 1.29 is 9.66 Å².